The highest BCUT2D eigenvalue weighted by Crippen LogP contribution is 2.35. The minimum Gasteiger partial charge on any atom is -0.481 e. The zero-order valence-corrected chi connectivity index (χ0v) is 12.1. The van der Waals surface area contributed by atoms with E-state index in [0.29, 0.717) is 0 Å². The molecule has 3 heteroatoms. The first-order chi connectivity index (χ1) is 9.65. The highest BCUT2D eigenvalue weighted by molar-refractivity contribution is 7.98. The molecule has 0 fully saturated rings. The maximum absolute atomic E-state index is 11.1. The summed E-state index contributed by atoms with van der Waals surface area (Å²) in [4.78, 5) is 12.3. The maximum Gasteiger partial charge on any atom is 0.310 e. The second-order valence-corrected chi connectivity index (χ2v) is 6.18. The summed E-state index contributed by atoms with van der Waals surface area (Å²) in [6, 6.07) is 14.6. The molecule has 0 radical (unpaired) electrons. The third-order valence-electron chi connectivity index (χ3n) is 3.84. The number of hydrogen-bond donors (Lipinski definition) is 1. The molecule has 0 spiro atoms. The summed E-state index contributed by atoms with van der Waals surface area (Å²) in [5.74, 6) is -0.271. The molecule has 2 aromatic carbocycles. The van der Waals surface area contributed by atoms with Gasteiger partial charge in [-0.15, -0.1) is 11.8 Å². The van der Waals surface area contributed by atoms with E-state index in [2.05, 4.69) is 30.3 Å². The van der Waals surface area contributed by atoms with Crippen LogP contribution in [0.1, 0.15) is 35.1 Å². The van der Waals surface area contributed by atoms with E-state index in [9.17, 15) is 4.79 Å². The number of hydrogen-bond acceptors (Lipinski definition) is 2. The minimum absolute atomic E-state index is 0.452. The molecule has 3 rings (SSSR count). The molecule has 0 saturated heterocycles. The molecular weight excluding hydrogens is 268 g/mol. The standard InChI is InChI=1S/C17H16O2S/c1-11(17(18)19)12-6-7-14-8-13-4-2-3-5-15(13)10-20-16(14)9-12/h2-7,9,11H,8,10H2,1H3,(H,18,19). The van der Waals surface area contributed by atoms with Crippen molar-refractivity contribution in [2.45, 2.75) is 29.9 Å². The summed E-state index contributed by atoms with van der Waals surface area (Å²) in [7, 11) is 0. The predicted molar refractivity (Wildman–Crippen MR) is 81.3 cm³/mol. The maximum atomic E-state index is 11.1. The molecule has 2 nitrogen and oxygen atoms in total. The van der Waals surface area contributed by atoms with E-state index in [-0.39, 0.29) is 0 Å². The number of carboxylic acid groups (broad SMARTS) is 1. The fourth-order valence-electron chi connectivity index (χ4n) is 2.49. The van der Waals surface area contributed by atoms with Gasteiger partial charge in [0.15, 0.2) is 0 Å². The molecule has 2 aromatic rings. The average molecular weight is 284 g/mol. The third-order valence-corrected chi connectivity index (χ3v) is 4.99. The Morgan fingerprint density at radius 3 is 2.65 bits per heavy atom. The molecule has 1 heterocycles. The Hall–Kier alpha value is -1.74. The smallest absolute Gasteiger partial charge is 0.310 e. The molecule has 20 heavy (non-hydrogen) atoms. The minimum atomic E-state index is -0.771. The van der Waals surface area contributed by atoms with Gasteiger partial charge in [0.05, 0.1) is 5.92 Å². The van der Waals surface area contributed by atoms with Crippen LogP contribution in [0.3, 0.4) is 0 Å². The fraction of sp³-hybridized carbons (Fsp3) is 0.235. The van der Waals surface area contributed by atoms with Gasteiger partial charge in [-0.3, -0.25) is 4.79 Å². The number of thioether (sulfide) groups is 1. The van der Waals surface area contributed by atoms with Crippen molar-refractivity contribution in [1.29, 1.82) is 0 Å². The Kier molecular flexibility index (Phi) is 3.53. The zero-order chi connectivity index (χ0) is 14.1. The molecule has 1 unspecified atom stereocenters. The zero-order valence-electron chi connectivity index (χ0n) is 11.3. The van der Waals surface area contributed by atoms with E-state index < -0.39 is 11.9 Å². The van der Waals surface area contributed by atoms with Crippen LogP contribution in [0.2, 0.25) is 0 Å². The lowest BCUT2D eigenvalue weighted by Crippen LogP contribution is -2.07. The molecule has 1 aliphatic rings. The second kappa shape index (κ2) is 5.33. The van der Waals surface area contributed by atoms with Gasteiger partial charge in [-0.05, 0) is 41.7 Å². The Balaban J connectivity index is 1.97. The predicted octanol–water partition coefficient (Wildman–Crippen LogP) is 4.07. The fourth-order valence-corrected chi connectivity index (χ4v) is 3.63. The van der Waals surface area contributed by atoms with Crippen molar-refractivity contribution in [3.05, 3.63) is 64.7 Å². The molecule has 0 amide bonds. The van der Waals surface area contributed by atoms with E-state index in [1.165, 1.54) is 21.6 Å². The summed E-state index contributed by atoms with van der Waals surface area (Å²) in [5, 5.41) is 9.13. The molecule has 1 N–H and O–H groups in total. The molecule has 0 aliphatic carbocycles. The summed E-state index contributed by atoms with van der Waals surface area (Å²) >= 11 is 1.80. The van der Waals surface area contributed by atoms with Gasteiger partial charge in [-0.1, -0.05) is 36.4 Å². The van der Waals surface area contributed by atoms with Gasteiger partial charge in [0.2, 0.25) is 0 Å². The van der Waals surface area contributed by atoms with Crippen LogP contribution in [0.5, 0.6) is 0 Å². The van der Waals surface area contributed by atoms with Crippen molar-refractivity contribution in [3.63, 3.8) is 0 Å². The Morgan fingerprint density at radius 1 is 1.15 bits per heavy atom. The van der Waals surface area contributed by atoms with Crippen LogP contribution in [-0.4, -0.2) is 11.1 Å². The number of fused-ring (bicyclic) bond motifs is 2. The van der Waals surface area contributed by atoms with Crippen LogP contribution < -0.4 is 0 Å². The highest BCUT2D eigenvalue weighted by atomic mass is 32.2. The number of aliphatic carboxylic acids is 1. The van der Waals surface area contributed by atoms with Gasteiger partial charge < -0.3 is 5.11 Å². The Labute approximate surface area is 122 Å². The summed E-state index contributed by atoms with van der Waals surface area (Å²) in [6.45, 7) is 1.74. The number of carboxylic acids is 1. The molecular formula is C17H16O2S. The second-order valence-electron chi connectivity index (χ2n) is 5.16. The summed E-state index contributed by atoms with van der Waals surface area (Å²) in [5.41, 5.74) is 4.93. The van der Waals surface area contributed by atoms with E-state index in [4.69, 9.17) is 5.11 Å². The van der Waals surface area contributed by atoms with Gasteiger partial charge in [0.1, 0.15) is 0 Å². The van der Waals surface area contributed by atoms with E-state index in [1.807, 2.05) is 12.1 Å². The van der Waals surface area contributed by atoms with Crippen molar-refractivity contribution in [1.82, 2.24) is 0 Å². The first-order valence-electron chi connectivity index (χ1n) is 6.70. The van der Waals surface area contributed by atoms with E-state index >= 15 is 0 Å². The number of benzene rings is 2. The number of rotatable bonds is 2. The van der Waals surface area contributed by atoms with Gasteiger partial charge in [0, 0.05) is 10.6 Å². The molecule has 0 saturated carbocycles. The van der Waals surface area contributed by atoms with Crippen LogP contribution in [-0.2, 0) is 17.0 Å². The molecule has 0 aromatic heterocycles. The lowest BCUT2D eigenvalue weighted by atomic mass is 9.96. The van der Waals surface area contributed by atoms with Crippen LogP contribution in [0.4, 0.5) is 0 Å². The van der Waals surface area contributed by atoms with Crippen molar-refractivity contribution in [2.75, 3.05) is 0 Å². The van der Waals surface area contributed by atoms with Crippen LogP contribution in [0, 0.1) is 0 Å². The summed E-state index contributed by atoms with van der Waals surface area (Å²) < 4.78 is 0. The van der Waals surface area contributed by atoms with Gasteiger partial charge in [0.25, 0.3) is 0 Å². The van der Waals surface area contributed by atoms with Crippen molar-refractivity contribution in [3.8, 4) is 0 Å². The molecule has 1 aliphatic heterocycles. The molecule has 0 bridgehead atoms. The first kappa shape index (κ1) is 13.3. The van der Waals surface area contributed by atoms with Crippen molar-refractivity contribution < 1.29 is 9.90 Å². The third kappa shape index (κ3) is 2.46. The van der Waals surface area contributed by atoms with Crippen LogP contribution >= 0.6 is 11.8 Å². The topological polar surface area (TPSA) is 37.3 Å². The molecule has 102 valence electrons. The lowest BCUT2D eigenvalue weighted by Gasteiger charge is -2.11. The van der Waals surface area contributed by atoms with E-state index in [0.717, 1.165) is 17.7 Å². The van der Waals surface area contributed by atoms with Crippen molar-refractivity contribution in [2.24, 2.45) is 0 Å². The largest absolute Gasteiger partial charge is 0.481 e. The highest BCUT2D eigenvalue weighted by Gasteiger charge is 2.18. The van der Waals surface area contributed by atoms with Crippen molar-refractivity contribution >= 4 is 17.7 Å². The molecule has 1 atom stereocenters. The van der Waals surface area contributed by atoms with Gasteiger partial charge >= 0.3 is 5.97 Å². The van der Waals surface area contributed by atoms with Gasteiger partial charge in [-0.2, -0.15) is 0 Å². The monoisotopic (exact) mass is 284 g/mol. The SMILES string of the molecule is CC(C(=O)O)c1ccc2c(c1)SCc1ccccc1C2. The van der Waals surface area contributed by atoms with E-state index in [1.54, 1.807) is 18.7 Å². The number of carbonyl (C=O) groups is 1. The first-order valence-corrected chi connectivity index (χ1v) is 7.69. The Morgan fingerprint density at radius 2 is 1.90 bits per heavy atom. The quantitative estimate of drug-likeness (QED) is 0.903. The average Bonchev–Trinajstić information content (AvgIpc) is 2.64. The van der Waals surface area contributed by atoms with Crippen LogP contribution in [0.25, 0.3) is 0 Å². The van der Waals surface area contributed by atoms with Crippen LogP contribution in [0.15, 0.2) is 47.4 Å². The normalized spacial score (nSPS) is 14.8. The van der Waals surface area contributed by atoms with Gasteiger partial charge in [-0.25, -0.2) is 0 Å². The summed E-state index contributed by atoms with van der Waals surface area (Å²) in [6.07, 6.45) is 0.931. The lowest BCUT2D eigenvalue weighted by molar-refractivity contribution is -0.138. The Bertz CT molecular complexity index is 664.